The van der Waals surface area contributed by atoms with Crippen LogP contribution in [0.15, 0.2) is 41.0 Å². The third-order valence-corrected chi connectivity index (χ3v) is 2.99. The molecule has 1 aromatic heterocycles. The molecule has 0 fully saturated rings. The molecule has 4 heteroatoms. The van der Waals surface area contributed by atoms with Gasteiger partial charge in [-0.05, 0) is 42.8 Å². The Morgan fingerprint density at radius 2 is 2.22 bits per heavy atom. The van der Waals surface area contributed by atoms with Crippen molar-refractivity contribution >= 4 is 11.6 Å². The van der Waals surface area contributed by atoms with Crippen LogP contribution in [0.5, 0.6) is 0 Å². The standard InChI is InChI=1S/C14H15ClFNO/c1-2-7-17-14(13-4-3-8-18-13)10-5-6-12(16)11(15)9-10/h3-6,8-9,14,17H,2,7H2,1H3. The average molecular weight is 268 g/mol. The smallest absolute Gasteiger partial charge is 0.141 e. The summed E-state index contributed by atoms with van der Waals surface area (Å²) in [5.74, 6) is 0.389. The van der Waals surface area contributed by atoms with Gasteiger partial charge in [0.2, 0.25) is 0 Å². The monoisotopic (exact) mass is 267 g/mol. The predicted octanol–water partition coefficient (Wildman–Crippen LogP) is 4.16. The maximum Gasteiger partial charge on any atom is 0.141 e. The second-order valence-corrected chi connectivity index (χ2v) is 4.48. The van der Waals surface area contributed by atoms with E-state index >= 15 is 0 Å². The quantitative estimate of drug-likeness (QED) is 0.880. The van der Waals surface area contributed by atoms with Crippen molar-refractivity contribution in [1.82, 2.24) is 5.32 Å². The molecule has 1 atom stereocenters. The first-order valence-corrected chi connectivity index (χ1v) is 6.32. The highest BCUT2D eigenvalue weighted by atomic mass is 35.5. The summed E-state index contributed by atoms with van der Waals surface area (Å²) in [6.45, 7) is 2.93. The van der Waals surface area contributed by atoms with E-state index in [1.54, 1.807) is 18.4 Å². The highest BCUT2D eigenvalue weighted by Crippen LogP contribution is 2.26. The lowest BCUT2D eigenvalue weighted by Crippen LogP contribution is -2.22. The maximum absolute atomic E-state index is 13.2. The molecule has 2 rings (SSSR count). The van der Waals surface area contributed by atoms with Gasteiger partial charge < -0.3 is 9.73 Å². The minimum atomic E-state index is -0.408. The van der Waals surface area contributed by atoms with Crippen molar-refractivity contribution in [3.8, 4) is 0 Å². The van der Waals surface area contributed by atoms with E-state index in [0.29, 0.717) is 0 Å². The van der Waals surface area contributed by atoms with E-state index < -0.39 is 5.82 Å². The van der Waals surface area contributed by atoms with E-state index in [1.807, 2.05) is 12.1 Å². The van der Waals surface area contributed by atoms with Gasteiger partial charge in [-0.15, -0.1) is 0 Å². The van der Waals surface area contributed by atoms with Gasteiger partial charge in [-0.3, -0.25) is 0 Å². The van der Waals surface area contributed by atoms with Crippen molar-refractivity contribution in [3.63, 3.8) is 0 Å². The van der Waals surface area contributed by atoms with Crippen LogP contribution in [0.3, 0.4) is 0 Å². The highest BCUT2D eigenvalue weighted by Gasteiger charge is 2.17. The zero-order valence-electron chi connectivity index (χ0n) is 10.1. The number of hydrogen-bond acceptors (Lipinski definition) is 2. The molecule has 96 valence electrons. The van der Waals surface area contributed by atoms with Crippen LogP contribution in [-0.4, -0.2) is 6.54 Å². The fourth-order valence-electron chi connectivity index (χ4n) is 1.82. The Balaban J connectivity index is 2.30. The number of halogens is 2. The van der Waals surface area contributed by atoms with Crippen molar-refractivity contribution in [3.05, 3.63) is 58.8 Å². The number of nitrogens with one attached hydrogen (secondary N) is 1. The van der Waals surface area contributed by atoms with Crippen LogP contribution in [0.4, 0.5) is 4.39 Å². The maximum atomic E-state index is 13.2. The fourth-order valence-corrected chi connectivity index (χ4v) is 2.01. The molecule has 0 bridgehead atoms. The zero-order chi connectivity index (χ0) is 13.0. The molecule has 1 unspecified atom stereocenters. The molecule has 1 aromatic carbocycles. The topological polar surface area (TPSA) is 25.2 Å². The van der Waals surface area contributed by atoms with Gasteiger partial charge in [-0.25, -0.2) is 4.39 Å². The number of benzene rings is 1. The van der Waals surface area contributed by atoms with E-state index in [4.69, 9.17) is 16.0 Å². The normalized spacial score (nSPS) is 12.6. The van der Waals surface area contributed by atoms with Gasteiger partial charge in [0.05, 0.1) is 17.3 Å². The fraction of sp³-hybridized carbons (Fsp3) is 0.286. The molecule has 0 aliphatic heterocycles. The molecule has 1 N–H and O–H groups in total. The largest absolute Gasteiger partial charge is 0.467 e. The molecule has 2 aromatic rings. The molecule has 0 saturated heterocycles. The van der Waals surface area contributed by atoms with Crippen molar-refractivity contribution in [2.45, 2.75) is 19.4 Å². The Labute approximate surface area is 111 Å². The molecule has 0 saturated carbocycles. The second-order valence-electron chi connectivity index (χ2n) is 4.08. The number of rotatable bonds is 5. The molecule has 0 aliphatic carbocycles. The minimum absolute atomic E-state index is 0.0990. The van der Waals surface area contributed by atoms with Gasteiger partial charge in [0.1, 0.15) is 11.6 Å². The van der Waals surface area contributed by atoms with Crippen LogP contribution < -0.4 is 5.32 Å². The zero-order valence-corrected chi connectivity index (χ0v) is 10.9. The molecule has 18 heavy (non-hydrogen) atoms. The lowest BCUT2D eigenvalue weighted by Gasteiger charge is -2.17. The van der Waals surface area contributed by atoms with E-state index in [9.17, 15) is 4.39 Å². The minimum Gasteiger partial charge on any atom is -0.467 e. The first-order chi connectivity index (χ1) is 8.72. The van der Waals surface area contributed by atoms with Crippen LogP contribution in [0.2, 0.25) is 5.02 Å². The Morgan fingerprint density at radius 3 is 2.83 bits per heavy atom. The van der Waals surface area contributed by atoms with E-state index in [-0.39, 0.29) is 11.1 Å². The summed E-state index contributed by atoms with van der Waals surface area (Å²) in [5.41, 5.74) is 0.893. The summed E-state index contributed by atoms with van der Waals surface area (Å²) in [4.78, 5) is 0. The van der Waals surface area contributed by atoms with Gasteiger partial charge in [-0.1, -0.05) is 24.6 Å². The molecule has 0 amide bonds. The van der Waals surface area contributed by atoms with Gasteiger partial charge in [-0.2, -0.15) is 0 Å². The SMILES string of the molecule is CCCNC(c1ccc(F)c(Cl)c1)c1ccco1. The summed E-state index contributed by atoms with van der Waals surface area (Å²) < 4.78 is 18.6. The highest BCUT2D eigenvalue weighted by molar-refractivity contribution is 6.30. The molecule has 0 spiro atoms. The first-order valence-electron chi connectivity index (χ1n) is 5.94. The third-order valence-electron chi connectivity index (χ3n) is 2.70. The molecule has 1 heterocycles. The van der Waals surface area contributed by atoms with Gasteiger partial charge in [0.15, 0.2) is 0 Å². The Hall–Kier alpha value is -1.32. The van der Waals surface area contributed by atoms with Gasteiger partial charge in [0, 0.05) is 0 Å². The van der Waals surface area contributed by atoms with Crippen LogP contribution in [0.25, 0.3) is 0 Å². The summed E-state index contributed by atoms with van der Waals surface area (Å²) in [5, 5.41) is 3.49. The lowest BCUT2D eigenvalue weighted by molar-refractivity contribution is 0.446. The summed E-state index contributed by atoms with van der Waals surface area (Å²) in [7, 11) is 0. The van der Waals surface area contributed by atoms with Crippen molar-refractivity contribution in [1.29, 1.82) is 0 Å². The Kier molecular flexibility index (Phi) is 4.39. The number of furan rings is 1. The van der Waals surface area contributed by atoms with E-state index in [2.05, 4.69) is 12.2 Å². The predicted molar refractivity (Wildman–Crippen MR) is 70.3 cm³/mol. The third kappa shape index (κ3) is 2.92. The Morgan fingerprint density at radius 1 is 1.39 bits per heavy atom. The van der Waals surface area contributed by atoms with Crippen molar-refractivity contribution < 1.29 is 8.81 Å². The van der Waals surface area contributed by atoms with Gasteiger partial charge in [0.25, 0.3) is 0 Å². The summed E-state index contributed by atoms with van der Waals surface area (Å²) in [6.07, 6.45) is 2.63. The van der Waals surface area contributed by atoms with Gasteiger partial charge >= 0.3 is 0 Å². The molecule has 2 nitrogen and oxygen atoms in total. The lowest BCUT2D eigenvalue weighted by atomic mass is 10.0. The number of hydrogen-bond donors (Lipinski definition) is 1. The molecule has 0 aliphatic rings. The van der Waals surface area contributed by atoms with Crippen LogP contribution in [0.1, 0.15) is 30.7 Å². The molecular weight excluding hydrogens is 253 g/mol. The van der Waals surface area contributed by atoms with Crippen LogP contribution >= 0.6 is 11.6 Å². The Bertz CT molecular complexity index is 499. The second kappa shape index (κ2) is 6.03. The van der Waals surface area contributed by atoms with E-state index in [1.165, 1.54) is 6.07 Å². The van der Waals surface area contributed by atoms with Crippen LogP contribution in [-0.2, 0) is 0 Å². The molecular formula is C14H15ClFNO. The molecule has 0 radical (unpaired) electrons. The summed E-state index contributed by atoms with van der Waals surface area (Å²) >= 11 is 5.82. The first kappa shape index (κ1) is 13.1. The van der Waals surface area contributed by atoms with Crippen molar-refractivity contribution in [2.24, 2.45) is 0 Å². The van der Waals surface area contributed by atoms with Crippen LogP contribution in [0, 0.1) is 5.82 Å². The van der Waals surface area contributed by atoms with E-state index in [0.717, 1.165) is 24.3 Å². The average Bonchev–Trinajstić information content (AvgIpc) is 2.88. The van der Waals surface area contributed by atoms with Crippen molar-refractivity contribution in [2.75, 3.05) is 6.54 Å². The summed E-state index contributed by atoms with van der Waals surface area (Å²) in [6, 6.07) is 8.36.